The van der Waals surface area contributed by atoms with E-state index in [1.165, 1.54) is 0 Å². The van der Waals surface area contributed by atoms with Crippen LogP contribution in [0.4, 0.5) is 0 Å². The average Bonchev–Trinajstić information content (AvgIpc) is 3.81. The molecular formula is C44H50N2O5. The fourth-order valence-electron chi connectivity index (χ4n) is 6.87. The summed E-state index contributed by atoms with van der Waals surface area (Å²) in [6, 6.07) is 29.6. The highest BCUT2D eigenvalue weighted by atomic mass is 16.5. The number of nitrogens with zero attached hydrogens (tertiary/aromatic N) is 1. The summed E-state index contributed by atoms with van der Waals surface area (Å²) in [5.74, 6) is 1.19. The molecule has 1 aliphatic heterocycles. The maximum Gasteiger partial charge on any atom is 0.323 e. The Kier molecular flexibility index (Phi) is 11.9. The lowest BCUT2D eigenvalue weighted by Crippen LogP contribution is -2.40. The number of carbonyl (C=O) groups is 2. The number of hydrogen-bond donors (Lipinski definition) is 1. The quantitative estimate of drug-likeness (QED) is 0.126. The van der Waals surface area contributed by atoms with Gasteiger partial charge in [-0.1, -0.05) is 99.3 Å². The lowest BCUT2D eigenvalue weighted by molar-refractivity contribution is -0.151. The number of ether oxygens (including phenoxy) is 3. The van der Waals surface area contributed by atoms with Gasteiger partial charge in [0.1, 0.15) is 36.9 Å². The molecule has 0 unspecified atom stereocenters. The minimum atomic E-state index is -0.353. The highest BCUT2D eigenvalue weighted by Crippen LogP contribution is 2.36. The van der Waals surface area contributed by atoms with E-state index in [9.17, 15) is 9.59 Å². The van der Waals surface area contributed by atoms with Crippen LogP contribution < -0.4 is 14.8 Å². The lowest BCUT2D eigenvalue weighted by Gasteiger charge is -2.22. The summed E-state index contributed by atoms with van der Waals surface area (Å²) in [5.41, 5.74) is 7.38. The van der Waals surface area contributed by atoms with Gasteiger partial charge in [-0.15, -0.1) is 0 Å². The molecule has 0 saturated heterocycles. The van der Waals surface area contributed by atoms with Crippen LogP contribution >= 0.6 is 0 Å². The van der Waals surface area contributed by atoms with Crippen LogP contribution in [0.3, 0.4) is 0 Å². The number of rotatable bonds is 15. The molecule has 1 N–H and O–H groups in total. The first kappa shape index (κ1) is 35.9. The van der Waals surface area contributed by atoms with Gasteiger partial charge < -0.3 is 24.4 Å². The number of benzene rings is 4. The number of allylic oxidation sites excluding steroid dienone is 1. The maximum atomic E-state index is 14.3. The smallest absolute Gasteiger partial charge is 0.323 e. The number of carbonyl (C=O) groups excluding carboxylic acids is 2. The Bertz CT molecular complexity index is 1810. The van der Waals surface area contributed by atoms with Crippen molar-refractivity contribution in [3.8, 4) is 11.5 Å². The lowest BCUT2D eigenvalue weighted by atomic mass is 10.0. The number of esters is 1. The number of nitrogens with one attached hydrogen (secondary N) is 1. The molecule has 7 nitrogen and oxygen atoms in total. The molecule has 0 radical (unpaired) electrons. The van der Waals surface area contributed by atoms with E-state index in [0.29, 0.717) is 55.8 Å². The van der Waals surface area contributed by atoms with Crippen molar-refractivity contribution in [3.05, 3.63) is 137 Å². The van der Waals surface area contributed by atoms with Crippen molar-refractivity contribution in [2.45, 2.75) is 97.9 Å². The van der Waals surface area contributed by atoms with Gasteiger partial charge in [-0.2, -0.15) is 0 Å². The molecule has 1 aliphatic carbocycles. The predicted molar refractivity (Wildman–Crippen MR) is 201 cm³/mol. The van der Waals surface area contributed by atoms with E-state index in [0.717, 1.165) is 71.1 Å². The first-order valence-electron chi connectivity index (χ1n) is 18.2. The van der Waals surface area contributed by atoms with Gasteiger partial charge in [0.2, 0.25) is 0 Å². The molecule has 4 aromatic carbocycles. The highest BCUT2D eigenvalue weighted by Gasteiger charge is 2.29. The molecule has 1 saturated carbocycles. The molecule has 51 heavy (non-hydrogen) atoms. The zero-order valence-electron chi connectivity index (χ0n) is 30.2. The predicted octanol–water partition coefficient (Wildman–Crippen LogP) is 9.02. The normalized spacial score (nSPS) is 14.7. The summed E-state index contributed by atoms with van der Waals surface area (Å²) >= 11 is 0. The molecular weight excluding hydrogens is 636 g/mol. The summed E-state index contributed by atoms with van der Waals surface area (Å²) in [4.78, 5) is 29.3. The van der Waals surface area contributed by atoms with Crippen molar-refractivity contribution >= 4 is 17.4 Å². The van der Waals surface area contributed by atoms with Crippen LogP contribution in [-0.2, 0) is 42.4 Å². The van der Waals surface area contributed by atoms with Gasteiger partial charge in [-0.3, -0.25) is 9.59 Å². The zero-order valence-corrected chi connectivity index (χ0v) is 30.2. The van der Waals surface area contributed by atoms with E-state index in [4.69, 9.17) is 14.2 Å². The maximum absolute atomic E-state index is 14.3. The van der Waals surface area contributed by atoms with Gasteiger partial charge in [0.05, 0.1) is 5.56 Å². The van der Waals surface area contributed by atoms with Crippen molar-refractivity contribution < 1.29 is 23.8 Å². The Morgan fingerprint density at radius 1 is 0.784 bits per heavy atom. The van der Waals surface area contributed by atoms with Gasteiger partial charge in [-0.05, 0) is 84.4 Å². The fourth-order valence-corrected chi connectivity index (χ4v) is 6.87. The molecule has 0 spiro atoms. The van der Waals surface area contributed by atoms with E-state index in [1.807, 2.05) is 84.6 Å². The van der Waals surface area contributed by atoms with Crippen LogP contribution in [0.25, 0.3) is 5.57 Å². The van der Waals surface area contributed by atoms with E-state index in [-0.39, 0.29) is 24.0 Å². The van der Waals surface area contributed by atoms with E-state index in [1.54, 1.807) is 0 Å². The summed E-state index contributed by atoms with van der Waals surface area (Å²) < 4.78 is 18.5. The minimum Gasteiger partial charge on any atom is -0.488 e. The molecule has 2 aliphatic rings. The van der Waals surface area contributed by atoms with Crippen molar-refractivity contribution in [2.24, 2.45) is 5.92 Å². The van der Waals surface area contributed by atoms with Crippen molar-refractivity contribution in [2.75, 3.05) is 0 Å². The topological polar surface area (TPSA) is 77.1 Å². The standard InChI is InChI=1S/C44H50N2O5/c1-30(2)21-40(44(48)51-37-17-11-12-18-37)45-25-34-19-20-35-26-46(27-36(35)22-34)43(47)39-23-38(31(3)4)41(49-28-32-13-7-5-8-14-32)24-42(39)50-29-33-15-9-6-10-16-33/h5-10,13-16,19-20,22-24,30,37,40,45H,3,11-12,17-18,21,25-29H2,1-2,4H3/t40-/m0/s1. The Hall–Kier alpha value is -4.88. The second-order valence-corrected chi connectivity index (χ2v) is 14.3. The third-order valence-corrected chi connectivity index (χ3v) is 9.66. The van der Waals surface area contributed by atoms with E-state index >= 15 is 0 Å². The average molecular weight is 687 g/mol. The summed E-state index contributed by atoms with van der Waals surface area (Å²) in [6.45, 7) is 12.6. The molecule has 1 fully saturated rings. The van der Waals surface area contributed by atoms with Gasteiger partial charge in [0.25, 0.3) is 5.91 Å². The fraction of sp³-hybridized carbons (Fsp3) is 0.364. The van der Waals surface area contributed by atoms with Gasteiger partial charge in [0.15, 0.2) is 0 Å². The van der Waals surface area contributed by atoms with Crippen LogP contribution in [0, 0.1) is 5.92 Å². The second-order valence-electron chi connectivity index (χ2n) is 14.3. The number of fused-ring (bicyclic) bond motifs is 1. The molecule has 4 aromatic rings. The molecule has 1 atom stereocenters. The first-order valence-corrected chi connectivity index (χ1v) is 18.2. The van der Waals surface area contributed by atoms with E-state index < -0.39 is 0 Å². The van der Waals surface area contributed by atoms with Gasteiger partial charge >= 0.3 is 5.97 Å². The first-order chi connectivity index (χ1) is 24.7. The second kappa shape index (κ2) is 16.9. The van der Waals surface area contributed by atoms with Crippen LogP contribution in [0.2, 0.25) is 0 Å². The third-order valence-electron chi connectivity index (χ3n) is 9.66. The highest BCUT2D eigenvalue weighted by molar-refractivity contribution is 5.98. The molecule has 1 heterocycles. The number of hydrogen-bond acceptors (Lipinski definition) is 6. The molecule has 1 amide bonds. The molecule has 6 rings (SSSR count). The Labute approximate surface area is 302 Å². The van der Waals surface area contributed by atoms with Crippen LogP contribution in [0.1, 0.15) is 96.6 Å². The summed E-state index contributed by atoms with van der Waals surface area (Å²) in [5, 5.41) is 3.48. The molecule has 0 bridgehead atoms. The van der Waals surface area contributed by atoms with Crippen LogP contribution in [0.5, 0.6) is 11.5 Å². The Morgan fingerprint density at radius 2 is 1.39 bits per heavy atom. The SMILES string of the molecule is C=C(C)c1cc(C(=O)N2Cc3ccc(CN[C@@H](CC(C)C)C(=O)OC4CCCC4)cc3C2)c(OCc2ccccc2)cc1OCc1ccccc1. The zero-order chi connectivity index (χ0) is 35.7. The van der Waals surface area contributed by atoms with Gasteiger partial charge in [0, 0.05) is 31.3 Å². The van der Waals surface area contributed by atoms with Crippen molar-refractivity contribution in [1.29, 1.82) is 0 Å². The number of amides is 1. The third kappa shape index (κ3) is 9.47. The van der Waals surface area contributed by atoms with Crippen LogP contribution in [0.15, 0.2) is 97.6 Å². The van der Waals surface area contributed by atoms with Crippen LogP contribution in [-0.4, -0.2) is 28.9 Å². The Morgan fingerprint density at radius 3 is 2.00 bits per heavy atom. The van der Waals surface area contributed by atoms with Crippen molar-refractivity contribution in [1.82, 2.24) is 10.2 Å². The molecule has 0 aromatic heterocycles. The molecule has 266 valence electrons. The summed E-state index contributed by atoms with van der Waals surface area (Å²) in [6.07, 6.45) is 4.94. The monoisotopic (exact) mass is 686 g/mol. The largest absolute Gasteiger partial charge is 0.488 e. The summed E-state index contributed by atoms with van der Waals surface area (Å²) in [7, 11) is 0. The van der Waals surface area contributed by atoms with E-state index in [2.05, 4.69) is 43.9 Å². The minimum absolute atomic E-state index is 0.0474. The van der Waals surface area contributed by atoms with Crippen molar-refractivity contribution in [3.63, 3.8) is 0 Å². The molecule has 7 heteroatoms. The van der Waals surface area contributed by atoms with Gasteiger partial charge in [-0.25, -0.2) is 0 Å². The Balaban J connectivity index is 1.19.